The molecule has 0 aromatic heterocycles. The van der Waals surface area contributed by atoms with Crippen molar-refractivity contribution in [2.45, 2.75) is 0 Å². The van der Waals surface area contributed by atoms with Gasteiger partial charge in [-0.25, -0.2) is 0 Å². The Morgan fingerprint density at radius 3 is 2.65 bits per heavy atom. The van der Waals surface area contributed by atoms with Crippen LogP contribution in [0.3, 0.4) is 0 Å². The molecule has 0 saturated heterocycles. The Balaban J connectivity index is 3.71. The molecule has 86 valence electrons. The summed E-state index contributed by atoms with van der Waals surface area (Å²) in [5.41, 5.74) is -1.53. The van der Waals surface area contributed by atoms with Crippen molar-refractivity contribution in [1.82, 2.24) is 0 Å². The third kappa shape index (κ3) is 2.29. The van der Waals surface area contributed by atoms with Crippen molar-refractivity contribution in [3.8, 4) is 6.07 Å². The first-order chi connectivity index (χ1) is 8.06. The van der Waals surface area contributed by atoms with Gasteiger partial charge in [-0.15, -0.1) is 11.6 Å². The van der Waals surface area contributed by atoms with Crippen LogP contribution in [0.4, 0.5) is 5.69 Å². The lowest BCUT2D eigenvalue weighted by Crippen LogP contribution is -2.10. The summed E-state index contributed by atoms with van der Waals surface area (Å²) in [6, 6.07) is 3.89. The van der Waals surface area contributed by atoms with Crippen molar-refractivity contribution in [1.29, 1.82) is 5.26 Å². The number of aldehydes is 1. The normalized spacial score (nSPS) is 9.41. The number of halogens is 1. The number of hydrogen-bond acceptors (Lipinski definition) is 5. The number of benzene rings is 1. The molecule has 0 aliphatic heterocycles. The molecule has 0 aliphatic carbocycles. The summed E-state index contributed by atoms with van der Waals surface area (Å²) in [6.07, 6.45) is 0.313. The van der Waals surface area contributed by atoms with Crippen LogP contribution in [0.25, 0.3) is 0 Å². The number of alkyl halides is 1. The molecular formula is C10H5ClN2O4. The van der Waals surface area contributed by atoms with Gasteiger partial charge in [0.25, 0.3) is 5.69 Å². The predicted molar refractivity (Wildman–Crippen MR) is 58.2 cm³/mol. The summed E-state index contributed by atoms with van der Waals surface area (Å²) < 4.78 is 0. The first-order valence-electron chi connectivity index (χ1n) is 4.32. The van der Waals surface area contributed by atoms with E-state index in [-0.39, 0.29) is 11.1 Å². The molecule has 1 rings (SSSR count). The number of Topliss-reactive ketones (excluding diaryl/α,β-unsaturated/α-hetero) is 1. The molecule has 0 amide bonds. The highest BCUT2D eigenvalue weighted by atomic mass is 35.5. The fourth-order valence-electron chi connectivity index (χ4n) is 1.34. The molecule has 0 unspecified atom stereocenters. The topological polar surface area (TPSA) is 101 Å². The van der Waals surface area contributed by atoms with Crippen LogP contribution >= 0.6 is 11.6 Å². The van der Waals surface area contributed by atoms with Crippen LogP contribution in [0.2, 0.25) is 0 Å². The van der Waals surface area contributed by atoms with E-state index in [2.05, 4.69) is 0 Å². The zero-order valence-corrected chi connectivity index (χ0v) is 9.10. The first kappa shape index (κ1) is 12.8. The molecule has 0 saturated carbocycles. The van der Waals surface area contributed by atoms with Crippen LogP contribution in [-0.4, -0.2) is 22.9 Å². The minimum Gasteiger partial charge on any atom is -0.298 e. The molecule has 0 atom stereocenters. The van der Waals surface area contributed by atoms with Crippen molar-refractivity contribution in [2.24, 2.45) is 0 Å². The van der Waals surface area contributed by atoms with Crippen molar-refractivity contribution in [3.63, 3.8) is 0 Å². The van der Waals surface area contributed by atoms with Crippen LogP contribution < -0.4 is 0 Å². The van der Waals surface area contributed by atoms with Crippen LogP contribution in [0.15, 0.2) is 12.1 Å². The molecule has 0 fully saturated rings. The van der Waals surface area contributed by atoms with Crippen LogP contribution in [0.1, 0.15) is 26.3 Å². The van der Waals surface area contributed by atoms with E-state index >= 15 is 0 Å². The lowest BCUT2D eigenvalue weighted by molar-refractivity contribution is -0.385. The van der Waals surface area contributed by atoms with E-state index in [1.807, 2.05) is 0 Å². The highest BCUT2D eigenvalue weighted by Gasteiger charge is 2.27. The molecule has 17 heavy (non-hydrogen) atoms. The second kappa shape index (κ2) is 5.18. The number of hydrogen-bond donors (Lipinski definition) is 0. The Bertz CT molecular complexity index is 548. The van der Waals surface area contributed by atoms with Gasteiger partial charge in [-0.3, -0.25) is 19.7 Å². The summed E-state index contributed by atoms with van der Waals surface area (Å²) in [6.45, 7) is 0. The van der Waals surface area contributed by atoms with Gasteiger partial charge in [-0.05, 0) is 12.1 Å². The maximum Gasteiger partial charge on any atom is 0.298 e. The van der Waals surface area contributed by atoms with Crippen LogP contribution in [-0.2, 0) is 0 Å². The average Bonchev–Trinajstić information content (AvgIpc) is 2.35. The highest BCUT2D eigenvalue weighted by molar-refractivity contribution is 6.31. The Hall–Kier alpha value is -2.26. The molecule has 1 aromatic carbocycles. The Labute approximate surface area is 101 Å². The fourth-order valence-corrected chi connectivity index (χ4v) is 1.48. The van der Waals surface area contributed by atoms with Gasteiger partial charge in [-0.1, -0.05) is 0 Å². The summed E-state index contributed by atoms with van der Waals surface area (Å²) in [4.78, 5) is 32.2. The number of nitrogens with zero attached hydrogens (tertiary/aromatic N) is 2. The van der Waals surface area contributed by atoms with Gasteiger partial charge in [0.2, 0.25) is 0 Å². The van der Waals surface area contributed by atoms with E-state index in [4.69, 9.17) is 16.9 Å². The van der Waals surface area contributed by atoms with Gasteiger partial charge >= 0.3 is 0 Å². The second-order valence-corrected chi connectivity index (χ2v) is 3.24. The van der Waals surface area contributed by atoms with Crippen molar-refractivity contribution in [3.05, 3.63) is 38.9 Å². The van der Waals surface area contributed by atoms with E-state index in [9.17, 15) is 19.7 Å². The van der Waals surface area contributed by atoms with Gasteiger partial charge in [0, 0.05) is 5.56 Å². The summed E-state index contributed by atoms with van der Waals surface area (Å²) in [5.74, 6) is -1.27. The zero-order chi connectivity index (χ0) is 13.0. The van der Waals surface area contributed by atoms with Crippen molar-refractivity contribution in [2.75, 3.05) is 5.88 Å². The molecule has 0 heterocycles. The summed E-state index contributed by atoms with van der Waals surface area (Å²) >= 11 is 5.32. The molecule has 1 aromatic rings. The van der Waals surface area contributed by atoms with E-state index in [0.717, 1.165) is 6.07 Å². The number of rotatable bonds is 4. The predicted octanol–water partition coefficient (Wildman–Crippen LogP) is 1.70. The molecular weight excluding hydrogens is 248 g/mol. The van der Waals surface area contributed by atoms with E-state index in [1.165, 1.54) is 6.07 Å². The summed E-state index contributed by atoms with van der Waals surface area (Å²) in [5, 5.41) is 19.6. The molecule has 0 N–H and O–H groups in total. The first-order valence-corrected chi connectivity index (χ1v) is 4.86. The standard InChI is InChI=1S/C10H5ClN2O4/c11-3-8(15)9-7(5-14)2-1-6(4-12)10(9)13(16)17/h1-2,5H,3H2. The Morgan fingerprint density at radius 2 is 2.24 bits per heavy atom. The van der Waals surface area contributed by atoms with Crippen LogP contribution in [0.5, 0.6) is 0 Å². The zero-order valence-electron chi connectivity index (χ0n) is 8.34. The number of nitro groups is 1. The number of carbonyl (C=O) groups is 2. The average molecular weight is 253 g/mol. The van der Waals surface area contributed by atoms with Gasteiger partial charge < -0.3 is 0 Å². The van der Waals surface area contributed by atoms with Gasteiger partial charge in [-0.2, -0.15) is 5.26 Å². The summed E-state index contributed by atoms with van der Waals surface area (Å²) in [7, 11) is 0. The number of carbonyl (C=O) groups excluding carboxylic acids is 2. The van der Waals surface area contributed by atoms with E-state index < -0.39 is 27.8 Å². The minimum absolute atomic E-state index is 0.152. The van der Waals surface area contributed by atoms with Gasteiger partial charge in [0.15, 0.2) is 12.1 Å². The maximum absolute atomic E-state index is 11.5. The quantitative estimate of drug-likeness (QED) is 0.267. The fraction of sp³-hybridized carbons (Fsp3) is 0.100. The number of nitriles is 1. The largest absolute Gasteiger partial charge is 0.298 e. The number of ketones is 1. The van der Waals surface area contributed by atoms with Crippen molar-refractivity contribution < 1.29 is 14.5 Å². The Kier molecular flexibility index (Phi) is 3.91. The molecule has 0 spiro atoms. The van der Waals surface area contributed by atoms with E-state index in [1.54, 1.807) is 6.07 Å². The number of nitro benzene ring substituents is 1. The van der Waals surface area contributed by atoms with Crippen molar-refractivity contribution >= 4 is 29.4 Å². The Morgan fingerprint density at radius 1 is 1.59 bits per heavy atom. The maximum atomic E-state index is 11.5. The molecule has 6 nitrogen and oxygen atoms in total. The van der Waals surface area contributed by atoms with Gasteiger partial charge in [0.05, 0.1) is 10.8 Å². The SMILES string of the molecule is N#Cc1ccc(C=O)c(C(=O)CCl)c1[N+](=O)[O-]. The lowest BCUT2D eigenvalue weighted by Gasteiger charge is -2.04. The third-order valence-electron chi connectivity index (χ3n) is 2.04. The molecule has 0 bridgehead atoms. The van der Waals surface area contributed by atoms with E-state index in [0.29, 0.717) is 6.29 Å². The molecule has 7 heteroatoms. The smallest absolute Gasteiger partial charge is 0.298 e. The molecule has 0 radical (unpaired) electrons. The highest BCUT2D eigenvalue weighted by Crippen LogP contribution is 2.26. The molecule has 0 aliphatic rings. The lowest BCUT2D eigenvalue weighted by atomic mass is 9.99. The minimum atomic E-state index is -0.870. The van der Waals surface area contributed by atoms with Gasteiger partial charge in [0.1, 0.15) is 17.2 Å². The monoisotopic (exact) mass is 252 g/mol. The third-order valence-corrected chi connectivity index (χ3v) is 2.28. The second-order valence-electron chi connectivity index (χ2n) is 2.97. The van der Waals surface area contributed by atoms with Crippen LogP contribution in [0, 0.1) is 21.4 Å².